The first kappa shape index (κ1) is 17.0. The Morgan fingerprint density at radius 1 is 1.36 bits per heavy atom. The van der Waals surface area contributed by atoms with Gasteiger partial charge in [0.15, 0.2) is 0 Å². The van der Waals surface area contributed by atoms with Gasteiger partial charge in [-0.3, -0.25) is 0 Å². The maximum atomic E-state index is 12.6. The number of hydrogen-bond donors (Lipinski definition) is 2. The smallest absolute Gasteiger partial charge is 0.410 e. The minimum atomic E-state index is -0.490. The van der Waals surface area contributed by atoms with Crippen molar-refractivity contribution in [2.75, 3.05) is 12.3 Å². The molecule has 0 radical (unpaired) electrons. The third-order valence-corrected chi connectivity index (χ3v) is 4.29. The lowest BCUT2D eigenvalue weighted by atomic mass is 9.90. The monoisotopic (exact) mass is 322 g/mol. The second kappa shape index (κ2) is 6.41. The summed E-state index contributed by atoms with van der Waals surface area (Å²) in [5.74, 6) is 0.477. The Morgan fingerprint density at radius 2 is 2.05 bits per heavy atom. The van der Waals surface area contributed by atoms with E-state index in [1.807, 2.05) is 43.9 Å². The zero-order valence-corrected chi connectivity index (χ0v) is 14.7. The van der Waals surface area contributed by atoms with Gasteiger partial charge in [-0.1, -0.05) is 13.0 Å². The first-order valence-electron chi connectivity index (χ1n) is 7.75. The average molecular weight is 322 g/mol. The van der Waals surface area contributed by atoms with Gasteiger partial charge < -0.3 is 15.4 Å². The van der Waals surface area contributed by atoms with Gasteiger partial charge in [-0.25, -0.2) is 4.79 Å². The number of carbonyl (C=O) groups excluding carboxylic acids is 1. The highest BCUT2D eigenvalue weighted by atomic mass is 32.1. The molecule has 22 heavy (non-hydrogen) atoms. The van der Waals surface area contributed by atoms with Crippen molar-refractivity contribution in [3.05, 3.63) is 23.8 Å². The van der Waals surface area contributed by atoms with Crippen molar-refractivity contribution >= 4 is 24.4 Å². The first-order valence-corrected chi connectivity index (χ1v) is 8.20. The van der Waals surface area contributed by atoms with Crippen LogP contribution in [0.1, 0.15) is 52.1 Å². The standard InChI is InChI=1S/C17H26N2O2S/c1-11-5-7-14(12-6-8-15(22)13(18)9-12)19(10-11)16(20)21-17(2,3)4/h6,8-9,11,14,22H,5,7,10,18H2,1-4H3. The molecular formula is C17H26N2O2S. The number of thiol groups is 1. The summed E-state index contributed by atoms with van der Waals surface area (Å²) in [5.41, 5.74) is 7.17. The highest BCUT2D eigenvalue weighted by Crippen LogP contribution is 2.35. The van der Waals surface area contributed by atoms with E-state index < -0.39 is 5.60 Å². The molecular weight excluding hydrogens is 296 g/mol. The summed E-state index contributed by atoms with van der Waals surface area (Å²) in [6.45, 7) is 8.55. The molecule has 1 fully saturated rings. The molecule has 0 aliphatic carbocycles. The number of hydrogen-bond acceptors (Lipinski definition) is 4. The molecule has 1 aliphatic rings. The SMILES string of the molecule is CC1CCC(c2ccc(S)c(N)c2)N(C(=O)OC(C)(C)C)C1. The molecule has 0 aromatic heterocycles. The number of nitrogens with zero attached hydrogens (tertiary/aromatic N) is 1. The predicted molar refractivity (Wildman–Crippen MR) is 92.2 cm³/mol. The van der Waals surface area contributed by atoms with E-state index in [0.29, 0.717) is 18.2 Å². The fourth-order valence-corrected chi connectivity index (χ4v) is 2.94. The zero-order valence-electron chi connectivity index (χ0n) is 13.8. The molecule has 0 bridgehead atoms. The molecule has 4 nitrogen and oxygen atoms in total. The van der Waals surface area contributed by atoms with Gasteiger partial charge in [-0.2, -0.15) is 0 Å². The van der Waals surface area contributed by atoms with E-state index in [1.165, 1.54) is 0 Å². The quantitative estimate of drug-likeness (QED) is 0.600. The number of likely N-dealkylation sites (tertiary alicyclic amines) is 1. The molecule has 2 atom stereocenters. The van der Waals surface area contributed by atoms with Crippen LogP contribution in [-0.2, 0) is 4.74 Å². The Morgan fingerprint density at radius 3 is 2.64 bits per heavy atom. The molecule has 0 saturated carbocycles. The Kier molecular flexibility index (Phi) is 4.95. The maximum Gasteiger partial charge on any atom is 0.410 e. The maximum absolute atomic E-state index is 12.6. The molecule has 0 spiro atoms. The van der Waals surface area contributed by atoms with Crippen LogP contribution in [0.4, 0.5) is 10.5 Å². The van der Waals surface area contributed by atoms with E-state index in [1.54, 1.807) is 0 Å². The summed E-state index contributed by atoms with van der Waals surface area (Å²) in [6.07, 6.45) is 1.76. The summed E-state index contributed by atoms with van der Waals surface area (Å²) in [7, 11) is 0. The second-order valence-corrected chi connectivity index (χ2v) is 7.63. The Balaban J connectivity index is 2.26. The number of anilines is 1. The highest BCUT2D eigenvalue weighted by Gasteiger charge is 2.33. The lowest BCUT2D eigenvalue weighted by molar-refractivity contribution is 0.00364. The molecule has 122 valence electrons. The van der Waals surface area contributed by atoms with Gasteiger partial charge in [0.05, 0.1) is 6.04 Å². The average Bonchev–Trinajstić information content (AvgIpc) is 2.40. The predicted octanol–water partition coefficient (Wildman–Crippen LogP) is 4.27. The fourth-order valence-electron chi connectivity index (χ4n) is 2.80. The van der Waals surface area contributed by atoms with Crippen LogP contribution in [-0.4, -0.2) is 23.1 Å². The zero-order chi connectivity index (χ0) is 16.5. The van der Waals surface area contributed by atoms with Crippen LogP contribution >= 0.6 is 12.6 Å². The molecule has 2 rings (SSSR count). The molecule has 1 aromatic rings. The van der Waals surface area contributed by atoms with Crippen LogP contribution in [0.2, 0.25) is 0 Å². The number of nitrogens with two attached hydrogens (primary N) is 1. The Hall–Kier alpha value is -1.36. The van der Waals surface area contributed by atoms with Gasteiger partial charge >= 0.3 is 6.09 Å². The number of benzene rings is 1. The molecule has 1 aliphatic heterocycles. The lowest BCUT2D eigenvalue weighted by Crippen LogP contribution is -2.44. The number of carbonyl (C=O) groups is 1. The minimum Gasteiger partial charge on any atom is -0.444 e. The molecule has 2 unspecified atom stereocenters. The van der Waals surface area contributed by atoms with Crippen molar-refractivity contribution in [3.8, 4) is 0 Å². The van der Waals surface area contributed by atoms with E-state index >= 15 is 0 Å². The van der Waals surface area contributed by atoms with E-state index in [0.717, 1.165) is 23.3 Å². The van der Waals surface area contributed by atoms with Crippen LogP contribution in [0.15, 0.2) is 23.1 Å². The molecule has 5 heteroatoms. The van der Waals surface area contributed by atoms with E-state index in [-0.39, 0.29) is 12.1 Å². The molecule has 2 N–H and O–H groups in total. The first-order chi connectivity index (χ1) is 10.2. The molecule has 1 amide bonds. The van der Waals surface area contributed by atoms with Gasteiger partial charge in [0, 0.05) is 17.1 Å². The van der Waals surface area contributed by atoms with Gasteiger partial charge in [0.2, 0.25) is 0 Å². The van der Waals surface area contributed by atoms with Crippen molar-refractivity contribution in [2.24, 2.45) is 5.92 Å². The number of nitrogen functional groups attached to an aromatic ring is 1. The number of amides is 1. The van der Waals surface area contributed by atoms with Crippen molar-refractivity contribution < 1.29 is 9.53 Å². The van der Waals surface area contributed by atoms with Crippen LogP contribution in [0.5, 0.6) is 0 Å². The lowest BCUT2D eigenvalue weighted by Gasteiger charge is -2.39. The number of ether oxygens (including phenoxy) is 1. The van der Waals surface area contributed by atoms with Crippen molar-refractivity contribution in [2.45, 2.75) is 57.1 Å². The third-order valence-electron chi connectivity index (χ3n) is 3.88. The van der Waals surface area contributed by atoms with Crippen molar-refractivity contribution in [1.29, 1.82) is 0 Å². The summed E-state index contributed by atoms with van der Waals surface area (Å²) in [6, 6.07) is 5.82. The second-order valence-electron chi connectivity index (χ2n) is 7.15. The molecule has 1 aromatic carbocycles. The van der Waals surface area contributed by atoms with E-state index in [4.69, 9.17) is 10.5 Å². The summed E-state index contributed by atoms with van der Waals surface area (Å²) in [4.78, 5) is 15.2. The molecule has 1 saturated heterocycles. The van der Waals surface area contributed by atoms with Crippen LogP contribution < -0.4 is 5.73 Å². The fraction of sp³-hybridized carbons (Fsp3) is 0.588. The number of rotatable bonds is 1. The third kappa shape index (κ3) is 4.09. The summed E-state index contributed by atoms with van der Waals surface area (Å²) in [5, 5.41) is 0. The summed E-state index contributed by atoms with van der Waals surface area (Å²) >= 11 is 4.31. The van der Waals surface area contributed by atoms with Crippen LogP contribution in [0.25, 0.3) is 0 Å². The topological polar surface area (TPSA) is 55.6 Å². The Bertz CT molecular complexity index is 554. The minimum absolute atomic E-state index is 0.0160. The van der Waals surface area contributed by atoms with Gasteiger partial charge in [0.1, 0.15) is 5.60 Å². The van der Waals surface area contributed by atoms with Crippen molar-refractivity contribution in [1.82, 2.24) is 4.90 Å². The van der Waals surface area contributed by atoms with Gasteiger partial charge in [-0.05, 0) is 57.2 Å². The molecule has 1 heterocycles. The van der Waals surface area contributed by atoms with E-state index in [2.05, 4.69) is 19.6 Å². The normalized spacial score (nSPS) is 22.5. The summed E-state index contributed by atoms with van der Waals surface area (Å²) < 4.78 is 5.57. The van der Waals surface area contributed by atoms with Gasteiger partial charge in [-0.15, -0.1) is 12.6 Å². The largest absolute Gasteiger partial charge is 0.444 e. The van der Waals surface area contributed by atoms with Crippen molar-refractivity contribution in [3.63, 3.8) is 0 Å². The van der Waals surface area contributed by atoms with E-state index in [9.17, 15) is 4.79 Å². The van der Waals surface area contributed by atoms with Crippen LogP contribution in [0.3, 0.4) is 0 Å². The number of piperidine rings is 1. The Labute approximate surface area is 138 Å². The van der Waals surface area contributed by atoms with Gasteiger partial charge in [0.25, 0.3) is 0 Å². The van der Waals surface area contributed by atoms with Crippen LogP contribution in [0, 0.1) is 5.92 Å². The highest BCUT2D eigenvalue weighted by molar-refractivity contribution is 7.80.